The number of carbonyl (C=O) groups excluding carboxylic acids is 2. The largest absolute Gasteiger partial charge is 0.335 e. The third kappa shape index (κ3) is 3.04. The summed E-state index contributed by atoms with van der Waals surface area (Å²) in [5.41, 5.74) is 0.515. The van der Waals surface area contributed by atoms with Gasteiger partial charge in [0.1, 0.15) is 0 Å². The first-order chi connectivity index (χ1) is 9.50. The summed E-state index contributed by atoms with van der Waals surface area (Å²) in [6.07, 6.45) is 0. The molecule has 0 aromatic heterocycles. The predicted molar refractivity (Wildman–Crippen MR) is 78.0 cm³/mol. The van der Waals surface area contributed by atoms with Gasteiger partial charge in [0, 0.05) is 40.3 Å². The van der Waals surface area contributed by atoms with Crippen LogP contribution in [0.5, 0.6) is 0 Å². The van der Waals surface area contributed by atoms with Gasteiger partial charge in [0.05, 0.1) is 10.6 Å². The predicted octanol–water partition coefficient (Wildman–Crippen LogP) is 1.78. The van der Waals surface area contributed by atoms with Gasteiger partial charge in [-0.1, -0.05) is 23.7 Å². The molecule has 1 fully saturated rings. The highest BCUT2D eigenvalue weighted by molar-refractivity contribution is 6.33. The van der Waals surface area contributed by atoms with Crippen molar-refractivity contribution in [3.05, 3.63) is 34.9 Å². The monoisotopic (exact) mass is 295 g/mol. The van der Waals surface area contributed by atoms with E-state index in [-0.39, 0.29) is 11.9 Å². The summed E-state index contributed by atoms with van der Waals surface area (Å²) < 4.78 is 0. The molecule has 20 heavy (non-hydrogen) atoms. The molecule has 3 amide bonds. The highest BCUT2D eigenvalue weighted by Gasteiger charge is 2.26. The second kappa shape index (κ2) is 6.13. The SMILES string of the molecule is CN(C)C(=O)N1CCN(C(=O)c2ccccc2Cl)CC1. The average Bonchev–Trinajstić information content (AvgIpc) is 2.46. The van der Waals surface area contributed by atoms with Crippen LogP contribution in [-0.4, -0.2) is 66.9 Å². The van der Waals surface area contributed by atoms with Crippen molar-refractivity contribution in [3.63, 3.8) is 0 Å². The number of rotatable bonds is 1. The summed E-state index contributed by atoms with van der Waals surface area (Å²) in [4.78, 5) is 29.2. The Bertz CT molecular complexity index is 511. The first-order valence-electron chi connectivity index (χ1n) is 6.50. The summed E-state index contributed by atoms with van der Waals surface area (Å²) in [5, 5.41) is 0.462. The molecule has 0 radical (unpaired) electrons. The zero-order valence-electron chi connectivity index (χ0n) is 11.7. The number of urea groups is 1. The molecular weight excluding hydrogens is 278 g/mol. The van der Waals surface area contributed by atoms with E-state index in [1.807, 2.05) is 0 Å². The van der Waals surface area contributed by atoms with Gasteiger partial charge in [-0.3, -0.25) is 4.79 Å². The maximum Gasteiger partial charge on any atom is 0.319 e. The fourth-order valence-electron chi connectivity index (χ4n) is 2.19. The number of halogens is 1. The summed E-state index contributed by atoms with van der Waals surface area (Å²) >= 11 is 6.04. The summed E-state index contributed by atoms with van der Waals surface area (Å²) in [6, 6.07) is 7.01. The van der Waals surface area contributed by atoms with E-state index >= 15 is 0 Å². The Balaban J connectivity index is 1.99. The zero-order chi connectivity index (χ0) is 14.7. The molecule has 1 aliphatic heterocycles. The van der Waals surface area contributed by atoms with E-state index in [0.717, 1.165) is 0 Å². The van der Waals surface area contributed by atoms with Gasteiger partial charge < -0.3 is 14.7 Å². The third-order valence-corrected chi connectivity index (χ3v) is 3.65. The number of piperazine rings is 1. The minimum atomic E-state index is -0.0763. The second-order valence-corrected chi connectivity index (χ2v) is 5.34. The third-order valence-electron chi connectivity index (χ3n) is 3.32. The molecule has 108 valence electrons. The van der Waals surface area contributed by atoms with E-state index in [1.165, 1.54) is 0 Å². The fourth-order valence-corrected chi connectivity index (χ4v) is 2.41. The molecule has 2 rings (SSSR count). The standard InChI is InChI=1S/C14H18ClN3O2/c1-16(2)14(20)18-9-7-17(8-10-18)13(19)11-5-3-4-6-12(11)15/h3-6H,7-10H2,1-2H3. The van der Waals surface area contributed by atoms with Gasteiger partial charge in [-0.15, -0.1) is 0 Å². The van der Waals surface area contributed by atoms with Crippen molar-refractivity contribution in [2.75, 3.05) is 40.3 Å². The van der Waals surface area contributed by atoms with Gasteiger partial charge in [0.2, 0.25) is 0 Å². The van der Waals surface area contributed by atoms with Crippen molar-refractivity contribution in [1.82, 2.24) is 14.7 Å². The lowest BCUT2D eigenvalue weighted by Crippen LogP contribution is -2.52. The van der Waals surface area contributed by atoms with Crippen molar-refractivity contribution in [1.29, 1.82) is 0 Å². The van der Waals surface area contributed by atoms with Crippen LogP contribution in [0.4, 0.5) is 4.79 Å². The topological polar surface area (TPSA) is 43.9 Å². The van der Waals surface area contributed by atoms with Crippen molar-refractivity contribution in [2.45, 2.75) is 0 Å². The fraction of sp³-hybridized carbons (Fsp3) is 0.429. The zero-order valence-corrected chi connectivity index (χ0v) is 12.4. The molecule has 0 saturated carbocycles. The molecule has 0 N–H and O–H groups in total. The highest BCUT2D eigenvalue weighted by atomic mass is 35.5. The quantitative estimate of drug-likeness (QED) is 0.793. The van der Waals surface area contributed by atoms with Crippen molar-refractivity contribution in [3.8, 4) is 0 Å². The van der Waals surface area contributed by atoms with Gasteiger partial charge in [-0.25, -0.2) is 4.79 Å². The number of hydrogen-bond acceptors (Lipinski definition) is 2. The summed E-state index contributed by atoms with van der Waals surface area (Å²) in [6.45, 7) is 2.16. The minimum Gasteiger partial charge on any atom is -0.335 e. The Morgan fingerprint density at radius 3 is 2.15 bits per heavy atom. The molecule has 1 saturated heterocycles. The van der Waals surface area contributed by atoms with Crippen molar-refractivity contribution in [2.24, 2.45) is 0 Å². The second-order valence-electron chi connectivity index (χ2n) is 4.94. The smallest absolute Gasteiger partial charge is 0.319 e. The molecule has 1 aromatic carbocycles. The molecule has 0 atom stereocenters. The summed E-state index contributed by atoms with van der Waals surface area (Å²) in [7, 11) is 3.45. The van der Waals surface area contributed by atoms with Crippen LogP contribution in [0.3, 0.4) is 0 Å². The molecule has 1 aliphatic rings. The van der Waals surface area contributed by atoms with E-state index in [4.69, 9.17) is 11.6 Å². The van der Waals surface area contributed by atoms with Crippen LogP contribution < -0.4 is 0 Å². The van der Waals surface area contributed by atoms with Crippen LogP contribution in [-0.2, 0) is 0 Å². The molecule has 1 heterocycles. The van der Waals surface area contributed by atoms with Crippen LogP contribution in [0.1, 0.15) is 10.4 Å². The Kier molecular flexibility index (Phi) is 4.49. The van der Waals surface area contributed by atoms with Crippen LogP contribution in [0.15, 0.2) is 24.3 Å². The van der Waals surface area contributed by atoms with Gasteiger partial charge >= 0.3 is 6.03 Å². The Labute approximate surface area is 123 Å². The number of amides is 3. The number of nitrogens with zero attached hydrogens (tertiary/aromatic N) is 3. The minimum absolute atomic E-state index is 0.0187. The molecular formula is C14H18ClN3O2. The Morgan fingerprint density at radius 1 is 1.05 bits per heavy atom. The molecule has 0 unspecified atom stereocenters. The Hall–Kier alpha value is -1.75. The van der Waals surface area contributed by atoms with E-state index < -0.39 is 0 Å². The molecule has 1 aromatic rings. The van der Waals surface area contributed by atoms with Gasteiger partial charge in [-0.2, -0.15) is 0 Å². The normalized spacial score (nSPS) is 15.2. The van der Waals surface area contributed by atoms with E-state index in [1.54, 1.807) is 53.1 Å². The lowest BCUT2D eigenvalue weighted by Gasteiger charge is -2.36. The lowest BCUT2D eigenvalue weighted by molar-refractivity contribution is 0.0650. The first-order valence-corrected chi connectivity index (χ1v) is 6.88. The van der Waals surface area contributed by atoms with E-state index in [2.05, 4.69) is 0 Å². The van der Waals surface area contributed by atoms with Crippen LogP contribution >= 0.6 is 11.6 Å². The van der Waals surface area contributed by atoms with Gasteiger partial charge in [0.25, 0.3) is 5.91 Å². The summed E-state index contributed by atoms with van der Waals surface area (Å²) in [5.74, 6) is -0.0763. The first kappa shape index (κ1) is 14.7. The van der Waals surface area contributed by atoms with Crippen molar-refractivity contribution < 1.29 is 9.59 Å². The number of hydrogen-bond donors (Lipinski definition) is 0. The molecule has 0 bridgehead atoms. The molecule has 0 aliphatic carbocycles. The van der Waals surface area contributed by atoms with Gasteiger partial charge in [0.15, 0.2) is 0 Å². The van der Waals surface area contributed by atoms with E-state index in [0.29, 0.717) is 36.8 Å². The molecule has 6 heteroatoms. The molecule has 0 spiro atoms. The van der Waals surface area contributed by atoms with Gasteiger partial charge in [-0.05, 0) is 12.1 Å². The van der Waals surface area contributed by atoms with Crippen LogP contribution in [0, 0.1) is 0 Å². The Morgan fingerprint density at radius 2 is 1.60 bits per heavy atom. The maximum atomic E-state index is 12.4. The lowest BCUT2D eigenvalue weighted by atomic mass is 10.2. The number of benzene rings is 1. The maximum absolute atomic E-state index is 12.4. The highest BCUT2D eigenvalue weighted by Crippen LogP contribution is 2.18. The van der Waals surface area contributed by atoms with Crippen LogP contribution in [0.2, 0.25) is 5.02 Å². The number of carbonyl (C=O) groups is 2. The average molecular weight is 296 g/mol. The van der Waals surface area contributed by atoms with Crippen LogP contribution in [0.25, 0.3) is 0 Å². The van der Waals surface area contributed by atoms with E-state index in [9.17, 15) is 9.59 Å². The van der Waals surface area contributed by atoms with Crippen molar-refractivity contribution >= 4 is 23.5 Å². The molecule has 5 nitrogen and oxygen atoms in total.